The van der Waals surface area contributed by atoms with Crippen LogP contribution in [0.1, 0.15) is 21.9 Å². The van der Waals surface area contributed by atoms with Gasteiger partial charge in [-0.3, -0.25) is 14.4 Å². The Bertz CT molecular complexity index is 1650. The molecule has 11 heteroatoms. The SMILES string of the molecule is COc1cc([C@@H]2c3sc(=O)[nH]c3S[C@H]3C(=O)N(c4ccc(Br)cc4)C(=O)[C@@H]23)ccc1OCc1cccc(Cl)c1. The molecule has 1 N–H and O–H groups in total. The van der Waals surface area contributed by atoms with Gasteiger partial charge in [0.25, 0.3) is 0 Å². The number of thiazole rings is 1. The molecule has 39 heavy (non-hydrogen) atoms. The molecule has 0 bridgehead atoms. The van der Waals surface area contributed by atoms with Gasteiger partial charge in [-0.2, -0.15) is 0 Å². The largest absolute Gasteiger partial charge is 0.493 e. The molecule has 4 aromatic rings. The lowest BCUT2D eigenvalue weighted by Crippen LogP contribution is -2.32. The predicted octanol–water partition coefficient (Wildman–Crippen LogP) is 6.24. The number of carbonyl (C=O) groups is 2. The van der Waals surface area contributed by atoms with E-state index in [0.29, 0.717) is 33.8 Å². The summed E-state index contributed by atoms with van der Waals surface area (Å²) in [6.07, 6.45) is 0. The second-order valence-corrected chi connectivity index (χ2v) is 12.6. The molecular formula is C28H20BrClN2O5S2. The number of fused-ring (bicyclic) bond motifs is 2. The van der Waals surface area contributed by atoms with Gasteiger partial charge in [-0.25, -0.2) is 4.90 Å². The van der Waals surface area contributed by atoms with Crippen molar-refractivity contribution < 1.29 is 19.1 Å². The van der Waals surface area contributed by atoms with E-state index in [1.165, 1.54) is 16.7 Å². The van der Waals surface area contributed by atoms with E-state index in [0.717, 1.165) is 31.8 Å². The van der Waals surface area contributed by atoms with Crippen LogP contribution in [0.5, 0.6) is 11.5 Å². The molecular weight excluding hydrogens is 624 g/mol. The number of thioether (sulfide) groups is 1. The maximum Gasteiger partial charge on any atom is 0.305 e. The van der Waals surface area contributed by atoms with Crippen molar-refractivity contribution >= 4 is 68.1 Å². The zero-order valence-electron chi connectivity index (χ0n) is 20.4. The summed E-state index contributed by atoms with van der Waals surface area (Å²) in [6, 6.07) is 19.9. The number of halogens is 2. The van der Waals surface area contributed by atoms with E-state index in [2.05, 4.69) is 20.9 Å². The number of imide groups is 1. The first-order chi connectivity index (χ1) is 18.8. The summed E-state index contributed by atoms with van der Waals surface area (Å²) in [5, 5.41) is 0.571. The van der Waals surface area contributed by atoms with Crippen molar-refractivity contribution in [3.63, 3.8) is 0 Å². The number of rotatable bonds is 6. The van der Waals surface area contributed by atoms with E-state index in [1.54, 1.807) is 43.5 Å². The molecule has 3 atom stereocenters. The summed E-state index contributed by atoms with van der Waals surface area (Å²) in [6.45, 7) is 0.291. The molecule has 7 nitrogen and oxygen atoms in total. The van der Waals surface area contributed by atoms with E-state index >= 15 is 0 Å². The minimum absolute atomic E-state index is 0.226. The number of hydrogen-bond donors (Lipinski definition) is 1. The quantitative estimate of drug-likeness (QED) is 0.251. The fourth-order valence-electron chi connectivity index (χ4n) is 5.01. The van der Waals surface area contributed by atoms with Gasteiger partial charge in [0.2, 0.25) is 11.8 Å². The van der Waals surface area contributed by atoms with Gasteiger partial charge in [-0.05, 0) is 59.7 Å². The van der Waals surface area contributed by atoms with E-state index in [-0.39, 0.29) is 16.7 Å². The van der Waals surface area contributed by atoms with E-state index < -0.39 is 17.1 Å². The summed E-state index contributed by atoms with van der Waals surface area (Å²) < 4.78 is 12.5. The number of methoxy groups -OCH3 is 1. The van der Waals surface area contributed by atoms with Crippen LogP contribution in [0.15, 0.2) is 81.0 Å². The monoisotopic (exact) mass is 642 g/mol. The van der Waals surface area contributed by atoms with E-state index in [4.69, 9.17) is 21.1 Å². The van der Waals surface area contributed by atoms with E-state index in [1.807, 2.05) is 30.3 Å². The third-order valence-corrected chi connectivity index (χ3v) is 9.90. The Balaban J connectivity index is 1.37. The van der Waals surface area contributed by atoms with Crippen molar-refractivity contribution in [2.45, 2.75) is 22.8 Å². The minimum atomic E-state index is -0.687. The molecule has 6 rings (SSSR count). The molecule has 2 aliphatic rings. The van der Waals surface area contributed by atoms with Crippen molar-refractivity contribution in [1.82, 2.24) is 4.98 Å². The average Bonchev–Trinajstić information content (AvgIpc) is 3.42. The Morgan fingerprint density at radius 1 is 1.00 bits per heavy atom. The molecule has 1 saturated heterocycles. The summed E-state index contributed by atoms with van der Waals surface area (Å²) in [5.41, 5.74) is 2.18. The van der Waals surface area contributed by atoms with Crippen LogP contribution in [0.4, 0.5) is 5.69 Å². The van der Waals surface area contributed by atoms with Gasteiger partial charge in [0.05, 0.1) is 23.7 Å². The first-order valence-electron chi connectivity index (χ1n) is 11.9. The number of ether oxygens (including phenoxy) is 2. The van der Waals surface area contributed by atoms with Crippen molar-refractivity contribution in [1.29, 1.82) is 0 Å². The van der Waals surface area contributed by atoms with Crippen molar-refractivity contribution in [2.75, 3.05) is 12.0 Å². The van der Waals surface area contributed by atoms with Gasteiger partial charge in [0.1, 0.15) is 11.9 Å². The summed E-state index contributed by atoms with van der Waals surface area (Å²) in [7, 11) is 1.55. The smallest absolute Gasteiger partial charge is 0.305 e. The number of benzene rings is 3. The molecule has 3 aromatic carbocycles. The lowest BCUT2D eigenvalue weighted by atomic mass is 9.83. The Morgan fingerprint density at radius 2 is 1.79 bits per heavy atom. The number of H-pyrrole nitrogens is 1. The first kappa shape index (κ1) is 26.2. The summed E-state index contributed by atoms with van der Waals surface area (Å²) >= 11 is 11.8. The van der Waals surface area contributed by atoms with Crippen LogP contribution in [0.2, 0.25) is 5.02 Å². The van der Waals surface area contributed by atoms with Gasteiger partial charge in [-0.15, -0.1) is 0 Å². The Hall–Kier alpha value is -3.05. The van der Waals surface area contributed by atoms with Gasteiger partial charge in [-0.1, -0.05) is 68.8 Å². The second kappa shape index (κ2) is 10.5. The van der Waals surface area contributed by atoms with Crippen LogP contribution in [0.3, 0.4) is 0 Å². The molecule has 0 saturated carbocycles. The molecule has 1 aromatic heterocycles. The van der Waals surface area contributed by atoms with Crippen LogP contribution in [-0.2, 0) is 16.2 Å². The normalized spacial score (nSPS) is 20.1. The lowest BCUT2D eigenvalue weighted by molar-refractivity contribution is -0.122. The lowest BCUT2D eigenvalue weighted by Gasteiger charge is -2.30. The second-order valence-electron chi connectivity index (χ2n) is 9.07. The highest BCUT2D eigenvalue weighted by atomic mass is 79.9. The van der Waals surface area contributed by atoms with E-state index in [9.17, 15) is 14.4 Å². The zero-order chi connectivity index (χ0) is 27.3. The summed E-state index contributed by atoms with van der Waals surface area (Å²) in [4.78, 5) is 44.4. The van der Waals surface area contributed by atoms with Gasteiger partial charge >= 0.3 is 4.87 Å². The third-order valence-electron chi connectivity index (χ3n) is 6.74. The van der Waals surface area contributed by atoms with Crippen LogP contribution in [0, 0.1) is 5.92 Å². The van der Waals surface area contributed by atoms with Crippen molar-refractivity contribution in [3.05, 3.63) is 102 Å². The third kappa shape index (κ3) is 4.80. The maximum atomic E-state index is 13.9. The van der Waals surface area contributed by atoms with Gasteiger partial charge in [0.15, 0.2) is 11.5 Å². The number of aromatic amines is 1. The topological polar surface area (TPSA) is 88.7 Å². The number of hydrogen-bond acceptors (Lipinski definition) is 7. The number of amides is 2. The molecule has 198 valence electrons. The molecule has 2 amide bonds. The highest BCUT2D eigenvalue weighted by Gasteiger charge is 2.56. The molecule has 0 aliphatic carbocycles. The van der Waals surface area contributed by atoms with Crippen LogP contribution >= 0.6 is 50.6 Å². The van der Waals surface area contributed by atoms with Crippen LogP contribution < -0.4 is 19.2 Å². The zero-order valence-corrected chi connectivity index (χ0v) is 24.3. The van der Waals surface area contributed by atoms with Crippen molar-refractivity contribution in [2.24, 2.45) is 5.92 Å². The van der Waals surface area contributed by atoms with Crippen LogP contribution in [0.25, 0.3) is 0 Å². The minimum Gasteiger partial charge on any atom is -0.493 e. The number of aromatic nitrogens is 1. The van der Waals surface area contributed by atoms with Crippen LogP contribution in [-0.4, -0.2) is 29.2 Å². The molecule has 0 unspecified atom stereocenters. The molecule has 0 spiro atoms. The van der Waals surface area contributed by atoms with Gasteiger partial charge < -0.3 is 14.5 Å². The predicted molar refractivity (Wildman–Crippen MR) is 155 cm³/mol. The number of anilines is 1. The molecule has 2 aliphatic heterocycles. The Labute approximate surface area is 245 Å². The Kier molecular flexibility index (Phi) is 7.05. The fourth-order valence-corrected chi connectivity index (χ4v) is 8.00. The number of nitrogens with zero attached hydrogens (tertiary/aromatic N) is 1. The fraction of sp³-hybridized carbons (Fsp3) is 0.179. The molecule has 0 radical (unpaired) electrons. The molecule has 1 fully saturated rings. The highest BCUT2D eigenvalue weighted by molar-refractivity contribution is 9.10. The maximum absolute atomic E-state index is 13.9. The van der Waals surface area contributed by atoms with Crippen molar-refractivity contribution in [3.8, 4) is 11.5 Å². The Morgan fingerprint density at radius 3 is 2.54 bits per heavy atom. The summed E-state index contributed by atoms with van der Waals surface area (Å²) in [5.74, 6) is -0.785. The number of nitrogens with one attached hydrogen (secondary N) is 1. The standard InChI is InChI=1S/C28H20BrClN2O5S2/c1-36-20-12-15(5-10-19(20)37-13-14-3-2-4-17(30)11-14)21-22-24(38-25-23(21)39-28(35)31-25)27(34)32(26(22)33)18-8-6-16(29)7-9-18/h2-12,21-22,24H,13H2,1H3,(H,31,35)/t21-,22-,24+/m0/s1. The average molecular weight is 644 g/mol. The number of carbonyl (C=O) groups excluding carboxylic acids is 2. The van der Waals surface area contributed by atoms with Gasteiger partial charge in [0, 0.05) is 20.3 Å². The molecule has 3 heterocycles. The first-order valence-corrected chi connectivity index (χ1v) is 14.8. The highest BCUT2D eigenvalue weighted by Crippen LogP contribution is 2.53.